The van der Waals surface area contributed by atoms with Crippen LogP contribution in [0.2, 0.25) is 0 Å². The summed E-state index contributed by atoms with van der Waals surface area (Å²) in [7, 11) is 0. The summed E-state index contributed by atoms with van der Waals surface area (Å²) in [5.41, 5.74) is 4.76. The number of ether oxygens (including phenoxy) is 2. The van der Waals surface area contributed by atoms with Gasteiger partial charge in [0.15, 0.2) is 5.78 Å². The standard InChI is InChI=1S/C46H59N5O7/c1-29-23-34(40(52)9-8-22-47-43(55)57-45(2,3)4)19-21-38(29)32-14-10-30(11-15-32)24-36(42(54)50-37-20-18-35-28-49-51-39(35)26-37)25-41(53)33-16-12-31(13-17-33)27-48-44(56)58-46(5,6)7/h10-11,14-15,18-21,23,26,28,31,33,36H,8-9,12-13,16-17,22,24-25,27H2,1-7H3,(H,47,55)(H,48,56)(H,49,51)(H,50,54)/t31?,33?,36-/m1/s1. The van der Waals surface area contributed by atoms with Gasteiger partial charge in [0.1, 0.15) is 17.0 Å². The maximum absolute atomic E-state index is 13.9. The molecule has 58 heavy (non-hydrogen) atoms. The lowest BCUT2D eigenvalue weighted by Crippen LogP contribution is -2.37. The molecule has 5 rings (SSSR count). The van der Waals surface area contributed by atoms with Gasteiger partial charge in [0.25, 0.3) is 0 Å². The van der Waals surface area contributed by atoms with Gasteiger partial charge in [-0.2, -0.15) is 5.10 Å². The lowest BCUT2D eigenvalue weighted by Gasteiger charge is -2.29. The Morgan fingerprint density at radius 3 is 2.16 bits per heavy atom. The van der Waals surface area contributed by atoms with E-state index in [1.165, 1.54) is 0 Å². The van der Waals surface area contributed by atoms with Crippen LogP contribution < -0.4 is 16.0 Å². The number of carbonyl (C=O) groups is 5. The van der Waals surface area contributed by atoms with Gasteiger partial charge in [-0.25, -0.2) is 9.59 Å². The molecule has 1 atom stereocenters. The second-order valence-electron chi connectivity index (χ2n) is 17.5. The number of H-pyrrole nitrogens is 1. The lowest BCUT2D eigenvalue weighted by molar-refractivity contribution is -0.129. The number of aryl methyl sites for hydroxylation is 1. The summed E-state index contributed by atoms with van der Waals surface area (Å²) in [5, 5.41) is 16.6. The van der Waals surface area contributed by atoms with E-state index in [4.69, 9.17) is 9.47 Å². The molecule has 1 aliphatic rings. The van der Waals surface area contributed by atoms with Gasteiger partial charge < -0.3 is 25.4 Å². The van der Waals surface area contributed by atoms with Crippen LogP contribution >= 0.6 is 0 Å². The molecule has 3 aromatic carbocycles. The molecule has 12 heteroatoms. The highest BCUT2D eigenvalue weighted by Gasteiger charge is 2.31. The molecule has 0 spiro atoms. The zero-order valence-corrected chi connectivity index (χ0v) is 35.0. The predicted octanol–water partition coefficient (Wildman–Crippen LogP) is 9.11. The second kappa shape index (κ2) is 19.3. The number of hydrogen-bond donors (Lipinski definition) is 4. The van der Waals surface area contributed by atoms with E-state index >= 15 is 0 Å². The summed E-state index contributed by atoms with van der Waals surface area (Å²) in [6.45, 7) is 13.7. The Kier molecular flexibility index (Phi) is 14.5. The predicted molar refractivity (Wildman–Crippen MR) is 226 cm³/mol. The number of anilines is 1. The Hall–Kier alpha value is -5.52. The van der Waals surface area contributed by atoms with E-state index < -0.39 is 29.3 Å². The van der Waals surface area contributed by atoms with Crippen molar-refractivity contribution in [1.82, 2.24) is 20.8 Å². The monoisotopic (exact) mass is 793 g/mol. The van der Waals surface area contributed by atoms with Gasteiger partial charge in [-0.05, 0) is 139 Å². The minimum absolute atomic E-state index is 0.00239. The molecule has 3 amide bonds. The Morgan fingerprint density at radius 1 is 0.828 bits per heavy atom. The Bertz CT molecular complexity index is 2070. The molecule has 0 radical (unpaired) electrons. The summed E-state index contributed by atoms with van der Waals surface area (Å²) in [5.74, 6) is -0.585. The van der Waals surface area contributed by atoms with E-state index in [1.54, 1.807) is 27.0 Å². The third kappa shape index (κ3) is 13.3. The molecule has 1 heterocycles. The average molecular weight is 794 g/mol. The van der Waals surface area contributed by atoms with Crippen LogP contribution in [0.15, 0.2) is 66.9 Å². The Labute approximate surface area is 341 Å². The SMILES string of the molecule is Cc1cc(C(=O)CCCNC(=O)OC(C)(C)C)ccc1-c1ccc(C[C@H](CC(=O)C2CCC(CNC(=O)OC(C)(C)C)CC2)C(=O)Nc2ccc3cn[nH]c3c2)cc1. The van der Waals surface area contributed by atoms with Gasteiger partial charge in [-0.3, -0.25) is 19.5 Å². The summed E-state index contributed by atoms with van der Waals surface area (Å²) in [6, 6.07) is 19.2. The van der Waals surface area contributed by atoms with Crippen molar-refractivity contribution in [3.05, 3.63) is 83.6 Å². The highest BCUT2D eigenvalue weighted by molar-refractivity contribution is 5.98. The number of amides is 3. The highest BCUT2D eigenvalue weighted by atomic mass is 16.6. The summed E-state index contributed by atoms with van der Waals surface area (Å²) in [6.07, 6.45) is 5.16. The number of aromatic nitrogens is 2. The van der Waals surface area contributed by atoms with Crippen molar-refractivity contribution in [2.45, 2.75) is 111 Å². The molecule has 1 fully saturated rings. The summed E-state index contributed by atoms with van der Waals surface area (Å²) < 4.78 is 10.6. The number of hydrogen-bond acceptors (Lipinski definition) is 8. The van der Waals surface area contributed by atoms with E-state index in [2.05, 4.69) is 26.1 Å². The quantitative estimate of drug-likeness (QED) is 0.0683. The fourth-order valence-corrected chi connectivity index (χ4v) is 7.32. The topological polar surface area (TPSA) is 169 Å². The fraction of sp³-hybridized carbons (Fsp3) is 0.478. The highest BCUT2D eigenvalue weighted by Crippen LogP contribution is 2.32. The van der Waals surface area contributed by atoms with Crippen molar-refractivity contribution < 1.29 is 33.4 Å². The number of benzene rings is 3. The molecule has 0 saturated heterocycles. The summed E-state index contributed by atoms with van der Waals surface area (Å²) in [4.78, 5) is 64.7. The molecule has 4 N–H and O–H groups in total. The number of alkyl carbamates (subject to hydrolysis) is 2. The van der Waals surface area contributed by atoms with E-state index in [-0.39, 0.29) is 35.7 Å². The number of nitrogens with one attached hydrogen (secondary N) is 4. The van der Waals surface area contributed by atoms with Crippen molar-refractivity contribution in [1.29, 1.82) is 0 Å². The maximum atomic E-state index is 13.9. The second-order valence-corrected chi connectivity index (χ2v) is 17.5. The smallest absolute Gasteiger partial charge is 0.407 e. The molecule has 4 aromatic rings. The van der Waals surface area contributed by atoms with Crippen LogP contribution in [0.4, 0.5) is 15.3 Å². The zero-order valence-electron chi connectivity index (χ0n) is 35.0. The zero-order chi connectivity index (χ0) is 42.0. The molecule has 0 bridgehead atoms. The molecule has 0 aliphatic heterocycles. The summed E-state index contributed by atoms with van der Waals surface area (Å²) >= 11 is 0. The lowest BCUT2D eigenvalue weighted by atomic mass is 9.77. The number of rotatable bonds is 15. The van der Waals surface area contributed by atoms with Crippen molar-refractivity contribution in [3.63, 3.8) is 0 Å². The van der Waals surface area contributed by atoms with Crippen LogP contribution in [0.1, 0.15) is 108 Å². The number of nitrogens with zero attached hydrogens (tertiary/aromatic N) is 1. The van der Waals surface area contributed by atoms with Crippen molar-refractivity contribution >= 4 is 46.3 Å². The minimum Gasteiger partial charge on any atom is -0.444 e. The third-order valence-electron chi connectivity index (χ3n) is 10.3. The normalized spacial score (nSPS) is 16.3. The van der Waals surface area contributed by atoms with Gasteiger partial charge >= 0.3 is 12.2 Å². The Morgan fingerprint density at radius 2 is 1.50 bits per heavy atom. The first-order chi connectivity index (χ1) is 27.4. The van der Waals surface area contributed by atoms with Gasteiger partial charge in [0, 0.05) is 54.4 Å². The fourth-order valence-electron chi connectivity index (χ4n) is 7.32. The maximum Gasteiger partial charge on any atom is 0.407 e. The largest absolute Gasteiger partial charge is 0.444 e. The van der Waals surface area contributed by atoms with Crippen LogP contribution in [0.3, 0.4) is 0 Å². The van der Waals surface area contributed by atoms with E-state index in [0.717, 1.165) is 46.0 Å². The van der Waals surface area contributed by atoms with Gasteiger partial charge in [-0.1, -0.05) is 36.4 Å². The molecule has 1 aromatic heterocycles. The van der Waals surface area contributed by atoms with Crippen LogP contribution in [0.25, 0.3) is 22.0 Å². The van der Waals surface area contributed by atoms with Crippen LogP contribution in [0, 0.1) is 24.7 Å². The molecule has 1 aliphatic carbocycles. The van der Waals surface area contributed by atoms with Crippen molar-refractivity contribution in [2.24, 2.45) is 17.8 Å². The molecular formula is C46H59N5O7. The van der Waals surface area contributed by atoms with Crippen LogP contribution in [-0.2, 0) is 25.5 Å². The number of Topliss-reactive ketones (excluding diaryl/α,β-unsaturated/α-hetero) is 2. The van der Waals surface area contributed by atoms with Crippen LogP contribution in [-0.4, -0.2) is 64.1 Å². The number of carbonyl (C=O) groups excluding carboxylic acids is 5. The van der Waals surface area contributed by atoms with E-state index in [0.29, 0.717) is 56.4 Å². The number of fused-ring (bicyclic) bond motifs is 1. The van der Waals surface area contributed by atoms with Gasteiger partial charge in [-0.15, -0.1) is 0 Å². The van der Waals surface area contributed by atoms with Gasteiger partial charge in [0.2, 0.25) is 5.91 Å². The molecule has 1 saturated carbocycles. The third-order valence-corrected chi connectivity index (χ3v) is 10.3. The minimum atomic E-state index is -0.589. The number of ketones is 2. The molecule has 12 nitrogen and oxygen atoms in total. The van der Waals surface area contributed by atoms with E-state index in [9.17, 15) is 24.0 Å². The average Bonchev–Trinajstić information content (AvgIpc) is 3.62. The molecular weight excluding hydrogens is 735 g/mol. The Balaban J connectivity index is 1.20. The first-order valence-electron chi connectivity index (χ1n) is 20.4. The van der Waals surface area contributed by atoms with Gasteiger partial charge in [0.05, 0.1) is 11.7 Å². The molecule has 0 unspecified atom stereocenters. The van der Waals surface area contributed by atoms with E-state index in [1.807, 2.05) is 88.4 Å². The van der Waals surface area contributed by atoms with Crippen molar-refractivity contribution in [2.75, 3.05) is 18.4 Å². The molecule has 310 valence electrons. The first kappa shape index (κ1) is 43.6. The van der Waals surface area contributed by atoms with Crippen molar-refractivity contribution in [3.8, 4) is 11.1 Å². The number of aromatic amines is 1. The first-order valence-corrected chi connectivity index (χ1v) is 20.4. The van der Waals surface area contributed by atoms with Crippen LogP contribution in [0.5, 0.6) is 0 Å².